The van der Waals surface area contributed by atoms with Crippen molar-refractivity contribution < 1.29 is 18.0 Å². The van der Waals surface area contributed by atoms with Crippen molar-refractivity contribution in [1.29, 1.82) is 0 Å². The highest BCUT2D eigenvalue weighted by atomic mass is 19.4. The maximum Gasteiger partial charge on any atom is 0.431 e. The van der Waals surface area contributed by atoms with Crippen molar-refractivity contribution in [2.75, 3.05) is 5.32 Å². The molecule has 0 aliphatic rings. The lowest BCUT2D eigenvalue weighted by molar-refractivity contribution is -0.140. The minimum absolute atomic E-state index is 0.213. The molecule has 0 radical (unpaired) electrons. The molecule has 0 unspecified atom stereocenters. The molecule has 1 heterocycles. The number of benzene rings is 2. The summed E-state index contributed by atoms with van der Waals surface area (Å²) in [6, 6.07) is 13.2. The third kappa shape index (κ3) is 3.42. The van der Waals surface area contributed by atoms with Crippen molar-refractivity contribution in [1.82, 2.24) is 4.98 Å². The van der Waals surface area contributed by atoms with Crippen LogP contribution in [-0.2, 0) is 17.4 Å². The smallest absolute Gasteiger partial charge is 0.351 e. The number of fused-ring (bicyclic) bond motifs is 1. The van der Waals surface area contributed by atoms with E-state index in [2.05, 4.69) is 10.3 Å². The molecule has 0 saturated heterocycles. The van der Waals surface area contributed by atoms with E-state index in [9.17, 15) is 18.0 Å². The van der Waals surface area contributed by atoms with E-state index in [0.29, 0.717) is 16.6 Å². The summed E-state index contributed by atoms with van der Waals surface area (Å²) in [5.41, 5.74) is 1.97. The summed E-state index contributed by atoms with van der Waals surface area (Å²) < 4.78 is 38.1. The number of aromatic amines is 1. The average molecular weight is 332 g/mol. The molecule has 3 rings (SSSR count). The first kappa shape index (κ1) is 16.1. The number of amides is 1. The number of aromatic nitrogens is 1. The Labute approximate surface area is 136 Å². The number of carbonyl (C=O) groups is 1. The van der Waals surface area contributed by atoms with E-state index >= 15 is 0 Å². The highest BCUT2D eigenvalue weighted by molar-refractivity contribution is 5.95. The molecule has 2 N–H and O–H groups in total. The zero-order valence-corrected chi connectivity index (χ0v) is 12.9. The number of alkyl halides is 3. The van der Waals surface area contributed by atoms with Gasteiger partial charge in [-0.2, -0.15) is 13.2 Å². The van der Waals surface area contributed by atoms with Gasteiger partial charge in [-0.25, -0.2) is 0 Å². The Morgan fingerprint density at radius 2 is 1.88 bits per heavy atom. The molecule has 0 bridgehead atoms. The normalized spacial score (nSPS) is 11.7. The summed E-state index contributed by atoms with van der Waals surface area (Å²) >= 11 is 0. The lowest BCUT2D eigenvalue weighted by atomic mass is 10.1. The third-order valence-corrected chi connectivity index (χ3v) is 3.82. The van der Waals surface area contributed by atoms with Gasteiger partial charge >= 0.3 is 6.18 Å². The van der Waals surface area contributed by atoms with Gasteiger partial charge in [-0.3, -0.25) is 4.79 Å². The van der Waals surface area contributed by atoms with Crippen LogP contribution in [0.2, 0.25) is 0 Å². The number of aryl methyl sites for hydroxylation is 1. The Balaban J connectivity index is 1.77. The number of nitrogens with one attached hydrogen (secondary N) is 2. The topological polar surface area (TPSA) is 44.9 Å². The third-order valence-electron chi connectivity index (χ3n) is 3.82. The summed E-state index contributed by atoms with van der Waals surface area (Å²) in [7, 11) is 0. The fraction of sp³-hybridized carbons (Fsp3) is 0.167. The summed E-state index contributed by atoms with van der Waals surface area (Å²) in [5.74, 6) is -0.213. The fourth-order valence-electron chi connectivity index (χ4n) is 2.55. The van der Waals surface area contributed by atoms with Crippen LogP contribution in [0.1, 0.15) is 16.8 Å². The van der Waals surface area contributed by atoms with Crippen molar-refractivity contribution in [3.05, 3.63) is 65.4 Å². The van der Waals surface area contributed by atoms with Crippen molar-refractivity contribution in [3.63, 3.8) is 0 Å². The van der Waals surface area contributed by atoms with Gasteiger partial charge < -0.3 is 10.3 Å². The second-order valence-electron chi connectivity index (χ2n) is 5.63. The highest BCUT2D eigenvalue weighted by Gasteiger charge is 2.32. The van der Waals surface area contributed by atoms with Crippen LogP contribution in [0.25, 0.3) is 10.9 Å². The fourth-order valence-corrected chi connectivity index (χ4v) is 2.55. The van der Waals surface area contributed by atoms with E-state index in [1.54, 1.807) is 6.07 Å². The maximum absolute atomic E-state index is 12.7. The van der Waals surface area contributed by atoms with Crippen LogP contribution >= 0.6 is 0 Å². The minimum Gasteiger partial charge on any atom is -0.351 e. The summed E-state index contributed by atoms with van der Waals surface area (Å²) in [5, 5.41) is 3.12. The lowest BCUT2D eigenvalue weighted by Gasteiger charge is -2.07. The van der Waals surface area contributed by atoms with Gasteiger partial charge in [0.25, 0.3) is 0 Å². The molecule has 2 aromatic carbocycles. The van der Waals surface area contributed by atoms with Crippen LogP contribution in [0.4, 0.5) is 18.9 Å². The van der Waals surface area contributed by atoms with Gasteiger partial charge in [-0.1, -0.05) is 24.3 Å². The van der Waals surface area contributed by atoms with Crippen LogP contribution in [0.5, 0.6) is 0 Å². The van der Waals surface area contributed by atoms with Gasteiger partial charge in [0.1, 0.15) is 5.69 Å². The molecule has 0 spiro atoms. The zero-order chi connectivity index (χ0) is 17.3. The molecule has 0 aliphatic heterocycles. The van der Waals surface area contributed by atoms with Crippen molar-refractivity contribution in [3.8, 4) is 0 Å². The van der Waals surface area contributed by atoms with E-state index in [0.717, 1.165) is 17.2 Å². The van der Waals surface area contributed by atoms with Crippen LogP contribution in [0, 0.1) is 6.92 Å². The number of anilines is 1. The summed E-state index contributed by atoms with van der Waals surface area (Å²) in [4.78, 5) is 14.5. The molecule has 1 aromatic heterocycles. The molecule has 124 valence electrons. The second kappa shape index (κ2) is 6.03. The molecule has 1 amide bonds. The van der Waals surface area contributed by atoms with Crippen molar-refractivity contribution in [2.24, 2.45) is 0 Å². The van der Waals surface area contributed by atoms with Crippen LogP contribution in [0.3, 0.4) is 0 Å². The predicted molar refractivity (Wildman–Crippen MR) is 86.8 cm³/mol. The first-order chi connectivity index (χ1) is 11.3. The Morgan fingerprint density at radius 3 is 2.58 bits per heavy atom. The molecule has 0 saturated carbocycles. The van der Waals surface area contributed by atoms with Gasteiger partial charge in [-0.15, -0.1) is 0 Å². The Hall–Kier alpha value is -2.76. The molecule has 0 aliphatic carbocycles. The minimum atomic E-state index is -4.42. The number of halogens is 3. The van der Waals surface area contributed by atoms with E-state index in [1.807, 2.05) is 31.2 Å². The molecular weight excluding hydrogens is 317 g/mol. The van der Waals surface area contributed by atoms with E-state index < -0.39 is 11.9 Å². The molecule has 3 nitrogen and oxygen atoms in total. The maximum atomic E-state index is 12.7. The lowest BCUT2D eigenvalue weighted by Crippen LogP contribution is -2.14. The molecule has 3 aromatic rings. The largest absolute Gasteiger partial charge is 0.431 e. The van der Waals surface area contributed by atoms with Crippen LogP contribution < -0.4 is 5.32 Å². The van der Waals surface area contributed by atoms with Crippen LogP contribution in [0.15, 0.2) is 48.5 Å². The van der Waals surface area contributed by atoms with E-state index in [4.69, 9.17) is 0 Å². The number of carbonyl (C=O) groups excluding carboxylic acids is 1. The SMILES string of the molecule is Cc1ccccc1CC(=O)Nc1ccc2[nH]c(C(F)(F)F)cc2c1. The standard InChI is InChI=1S/C18H15F3N2O/c1-11-4-2-3-5-12(11)10-17(24)22-14-6-7-15-13(8-14)9-16(23-15)18(19,20)21/h2-9,23H,10H2,1H3,(H,22,24). The van der Waals surface area contributed by atoms with Gasteiger partial charge in [0.15, 0.2) is 0 Å². The van der Waals surface area contributed by atoms with Gasteiger partial charge in [0.05, 0.1) is 6.42 Å². The number of rotatable bonds is 3. The molecule has 6 heteroatoms. The zero-order valence-electron chi connectivity index (χ0n) is 12.9. The predicted octanol–water partition coefficient (Wildman–Crippen LogP) is 4.68. The van der Waals surface area contributed by atoms with Crippen molar-refractivity contribution in [2.45, 2.75) is 19.5 Å². The Bertz CT molecular complexity index is 897. The van der Waals surface area contributed by atoms with Crippen molar-refractivity contribution >= 4 is 22.5 Å². The Kier molecular flexibility index (Phi) is 4.05. The van der Waals surface area contributed by atoms with E-state index in [-0.39, 0.29) is 12.3 Å². The highest BCUT2D eigenvalue weighted by Crippen LogP contribution is 2.31. The van der Waals surface area contributed by atoms with Gasteiger partial charge in [0.2, 0.25) is 5.91 Å². The molecular formula is C18H15F3N2O. The van der Waals surface area contributed by atoms with Gasteiger partial charge in [0, 0.05) is 16.6 Å². The number of H-pyrrole nitrogens is 1. The molecule has 24 heavy (non-hydrogen) atoms. The quantitative estimate of drug-likeness (QED) is 0.719. The summed E-state index contributed by atoms with van der Waals surface area (Å²) in [6.07, 6.45) is -4.21. The summed E-state index contributed by atoms with van der Waals surface area (Å²) in [6.45, 7) is 1.92. The first-order valence-electron chi connectivity index (χ1n) is 7.37. The second-order valence-corrected chi connectivity index (χ2v) is 5.63. The first-order valence-corrected chi connectivity index (χ1v) is 7.37. The number of hydrogen-bond donors (Lipinski definition) is 2. The van der Waals surface area contributed by atoms with E-state index in [1.165, 1.54) is 12.1 Å². The molecule has 0 atom stereocenters. The average Bonchev–Trinajstić information content (AvgIpc) is 2.93. The monoisotopic (exact) mass is 332 g/mol. The molecule has 0 fully saturated rings. The Morgan fingerprint density at radius 1 is 1.12 bits per heavy atom. The van der Waals surface area contributed by atoms with Crippen LogP contribution in [-0.4, -0.2) is 10.9 Å². The van der Waals surface area contributed by atoms with Gasteiger partial charge in [-0.05, 0) is 42.3 Å². The number of hydrogen-bond acceptors (Lipinski definition) is 1.